The minimum atomic E-state index is 0.0198. The van der Waals surface area contributed by atoms with Crippen molar-refractivity contribution < 1.29 is 4.74 Å². The monoisotopic (exact) mass is 368 g/mol. The van der Waals surface area contributed by atoms with Gasteiger partial charge in [-0.05, 0) is 30.0 Å². The second kappa shape index (κ2) is 6.54. The Balaban J connectivity index is 1.88. The summed E-state index contributed by atoms with van der Waals surface area (Å²) in [5.41, 5.74) is 1.87. The summed E-state index contributed by atoms with van der Waals surface area (Å²) in [4.78, 5) is 17.9. The molecule has 0 fully saturated rings. The topological polar surface area (TPSA) is 44.1 Å². The van der Waals surface area contributed by atoms with Crippen molar-refractivity contribution in [1.82, 2.24) is 9.55 Å². The van der Waals surface area contributed by atoms with Crippen LogP contribution in [0.25, 0.3) is 20.3 Å². The van der Waals surface area contributed by atoms with Gasteiger partial charge in [-0.2, -0.15) is 0 Å². The molecule has 0 saturated carbocycles. The molecule has 0 aliphatic rings. The summed E-state index contributed by atoms with van der Waals surface area (Å²) in [6.45, 7) is 0.496. The predicted molar refractivity (Wildman–Crippen MR) is 105 cm³/mol. The molecule has 2 aromatic heterocycles. The molecule has 4 rings (SSSR count). The molecule has 0 bridgehead atoms. The van der Waals surface area contributed by atoms with Crippen molar-refractivity contribution in [3.63, 3.8) is 0 Å². The molecule has 6 heteroatoms. The van der Waals surface area contributed by atoms with Gasteiger partial charge < -0.3 is 4.74 Å². The maximum absolute atomic E-state index is 13.1. The van der Waals surface area contributed by atoms with Crippen molar-refractivity contribution >= 4 is 43.4 Å². The van der Waals surface area contributed by atoms with Crippen molar-refractivity contribution in [2.75, 3.05) is 13.4 Å². The number of fused-ring (bicyclic) bond motifs is 3. The van der Waals surface area contributed by atoms with E-state index in [1.807, 2.05) is 54.8 Å². The lowest BCUT2D eigenvalue weighted by Gasteiger charge is -2.11. The number of methoxy groups -OCH3 is 1. The summed E-state index contributed by atoms with van der Waals surface area (Å²) in [5, 5.41) is 1.78. The zero-order valence-corrected chi connectivity index (χ0v) is 15.5. The fraction of sp³-hybridized carbons (Fsp3) is 0.158. The molecule has 4 aromatic rings. The van der Waals surface area contributed by atoms with Gasteiger partial charge in [0.2, 0.25) is 0 Å². The summed E-state index contributed by atoms with van der Waals surface area (Å²) < 4.78 is 8.76. The van der Waals surface area contributed by atoms with Gasteiger partial charge in [0.15, 0.2) is 5.16 Å². The number of benzene rings is 2. The van der Waals surface area contributed by atoms with Gasteiger partial charge in [0.05, 0.1) is 19.2 Å². The van der Waals surface area contributed by atoms with Gasteiger partial charge in [0, 0.05) is 10.1 Å². The Morgan fingerprint density at radius 2 is 1.92 bits per heavy atom. The van der Waals surface area contributed by atoms with Gasteiger partial charge in [0.25, 0.3) is 5.56 Å². The van der Waals surface area contributed by atoms with Gasteiger partial charge in [-0.15, -0.1) is 11.3 Å². The van der Waals surface area contributed by atoms with Crippen LogP contribution in [0.2, 0.25) is 0 Å². The number of thioether (sulfide) groups is 1. The Bertz CT molecular complexity index is 1110. The standard InChI is InChI=1S/C19H16N2O2S2/c1-23-13-9-7-12(8-10-13)11-21-18(22)17-16(20-19(21)24-2)14-5-3-4-6-15(14)25-17/h3-10H,11H2,1-2H3. The molecule has 126 valence electrons. The van der Waals surface area contributed by atoms with Gasteiger partial charge in [0.1, 0.15) is 10.4 Å². The van der Waals surface area contributed by atoms with E-state index in [0.29, 0.717) is 11.2 Å². The van der Waals surface area contributed by atoms with E-state index in [2.05, 4.69) is 0 Å². The molecule has 0 aliphatic heterocycles. The van der Waals surface area contributed by atoms with Crippen LogP contribution in [0.4, 0.5) is 0 Å². The van der Waals surface area contributed by atoms with Crippen LogP contribution in [-0.2, 0) is 6.54 Å². The van der Waals surface area contributed by atoms with Gasteiger partial charge in [-0.1, -0.05) is 42.1 Å². The summed E-state index contributed by atoms with van der Waals surface area (Å²) in [6, 6.07) is 15.8. The van der Waals surface area contributed by atoms with Crippen molar-refractivity contribution in [2.24, 2.45) is 0 Å². The van der Waals surface area contributed by atoms with E-state index < -0.39 is 0 Å². The van der Waals surface area contributed by atoms with Crippen LogP contribution < -0.4 is 10.3 Å². The maximum atomic E-state index is 13.1. The molecule has 0 saturated heterocycles. The predicted octanol–water partition coefficient (Wildman–Crippen LogP) is 4.39. The number of hydrogen-bond acceptors (Lipinski definition) is 5. The Labute approximate surface area is 153 Å². The SMILES string of the molecule is COc1ccc(Cn2c(SC)nc3c(sc4ccccc43)c2=O)cc1. The molecule has 0 amide bonds. The van der Waals surface area contributed by atoms with Crippen LogP contribution in [0.3, 0.4) is 0 Å². The third-order valence-electron chi connectivity index (χ3n) is 4.13. The highest BCUT2D eigenvalue weighted by molar-refractivity contribution is 7.98. The van der Waals surface area contributed by atoms with E-state index >= 15 is 0 Å². The lowest BCUT2D eigenvalue weighted by Crippen LogP contribution is -2.23. The van der Waals surface area contributed by atoms with Crippen LogP contribution in [0.1, 0.15) is 5.56 Å². The quantitative estimate of drug-likeness (QED) is 0.396. The molecule has 0 spiro atoms. The first kappa shape index (κ1) is 16.2. The Morgan fingerprint density at radius 3 is 2.64 bits per heavy atom. The zero-order chi connectivity index (χ0) is 17.4. The maximum Gasteiger partial charge on any atom is 0.272 e. The Hall–Kier alpha value is -2.31. The highest BCUT2D eigenvalue weighted by Gasteiger charge is 2.15. The molecule has 0 aliphatic carbocycles. The Morgan fingerprint density at radius 1 is 1.16 bits per heavy atom. The lowest BCUT2D eigenvalue weighted by molar-refractivity contribution is 0.414. The number of aromatic nitrogens is 2. The number of thiophene rings is 1. The molecule has 4 nitrogen and oxygen atoms in total. The van der Waals surface area contributed by atoms with E-state index in [0.717, 1.165) is 32.1 Å². The summed E-state index contributed by atoms with van der Waals surface area (Å²) in [5.74, 6) is 0.805. The van der Waals surface area contributed by atoms with Gasteiger partial charge in [-0.3, -0.25) is 9.36 Å². The summed E-state index contributed by atoms with van der Waals surface area (Å²) in [6.07, 6.45) is 1.95. The van der Waals surface area contributed by atoms with Crippen molar-refractivity contribution in [1.29, 1.82) is 0 Å². The third kappa shape index (κ3) is 2.81. The molecule has 2 aromatic carbocycles. The highest BCUT2D eigenvalue weighted by Crippen LogP contribution is 2.31. The Kier molecular flexibility index (Phi) is 4.23. The zero-order valence-electron chi connectivity index (χ0n) is 13.9. The van der Waals surface area contributed by atoms with Crippen molar-refractivity contribution in [3.05, 3.63) is 64.4 Å². The lowest BCUT2D eigenvalue weighted by atomic mass is 10.2. The first-order valence-electron chi connectivity index (χ1n) is 7.80. The van der Waals surface area contributed by atoms with E-state index in [4.69, 9.17) is 9.72 Å². The first-order valence-corrected chi connectivity index (χ1v) is 9.84. The van der Waals surface area contributed by atoms with Crippen LogP contribution in [-0.4, -0.2) is 22.9 Å². The minimum Gasteiger partial charge on any atom is -0.497 e. The summed E-state index contributed by atoms with van der Waals surface area (Å²) in [7, 11) is 1.64. The molecule has 0 radical (unpaired) electrons. The molecular weight excluding hydrogens is 352 g/mol. The largest absolute Gasteiger partial charge is 0.497 e. The smallest absolute Gasteiger partial charge is 0.272 e. The number of nitrogens with zero attached hydrogens (tertiary/aromatic N) is 2. The molecule has 2 heterocycles. The minimum absolute atomic E-state index is 0.0198. The van der Waals surface area contributed by atoms with E-state index in [9.17, 15) is 4.79 Å². The average Bonchev–Trinajstić information content (AvgIpc) is 3.03. The van der Waals surface area contributed by atoms with Crippen LogP contribution in [0, 0.1) is 0 Å². The van der Waals surface area contributed by atoms with Gasteiger partial charge in [-0.25, -0.2) is 4.98 Å². The normalized spacial score (nSPS) is 11.3. The second-order valence-corrected chi connectivity index (χ2v) is 7.44. The van der Waals surface area contributed by atoms with E-state index in [1.54, 1.807) is 11.7 Å². The number of hydrogen-bond donors (Lipinski definition) is 0. The van der Waals surface area contributed by atoms with Crippen molar-refractivity contribution in [2.45, 2.75) is 11.7 Å². The fourth-order valence-electron chi connectivity index (χ4n) is 2.86. The van der Waals surface area contributed by atoms with Crippen LogP contribution >= 0.6 is 23.1 Å². The van der Waals surface area contributed by atoms with Crippen LogP contribution in [0.15, 0.2) is 58.5 Å². The summed E-state index contributed by atoms with van der Waals surface area (Å²) >= 11 is 3.01. The number of ether oxygens (including phenoxy) is 1. The molecule has 0 N–H and O–H groups in total. The molecular formula is C19H16N2O2S2. The van der Waals surface area contributed by atoms with Gasteiger partial charge >= 0.3 is 0 Å². The van der Waals surface area contributed by atoms with E-state index in [1.165, 1.54) is 23.1 Å². The van der Waals surface area contributed by atoms with E-state index in [-0.39, 0.29) is 5.56 Å². The fourth-order valence-corrected chi connectivity index (χ4v) is 4.50. The third-order valence-corrected chi connectivity index (χ3v) is 5.95. The first-order chi connectivity index (χ1) is 12.2. The molecule has 25 heavy (non-hydrogen) atoms. The van der Waals surface area contributed by atoms with Crippen molar-refractivity contribution in [3.8, 4) is 5.75 Å². The average molecular weight is 368 g/mol. The molecule has 0 atom stereocenters. The molecule has 0 unspecified atom stereocenters. The number of rotatable bonds is 4. The van der Waals surface area contributed by atoms with Crippen LogP contribution in [0.5, 0.6) is 5.75 Å². The highest BCUT2D eigenvalue weighted by atomic mass is 32.2. The second-order valence-electron chi connectivity index (χ2n) is 5.61.